The first-order chi connectivity index (χ1) is 15.2. The van der Waals surface area contributed by atoms with Crippen molar-refractivity contribution >= 4 is 17.3 Å². The van der Waals surface area contributed by atoms with E-state index in [0.717, 1.165) is 38.6 Å². The number of hydrogen-bond donors (Lipinski definition) is 1. The molecule has 0 aliphatic rings. The van der Waals surface area contributed by atoms with Crippen molar-refractivity contribution in [2.45, 2.75) is 39.2 Å². The lowest BCUT2D eigenvalue weighted by Gasteiger charge is -2.13. The van der Waals surface area contributed by atoms with Crippen LogP contribution in [-0.2, 0) is 28.7 Å². The van der Waals surface area contributed by atoms with Gasteiger partial charge < -0.3 is 14.6 Å². The first-order valence-electron chi connectivity index (χ1n) is 10.0. The number of aliphatic carboxylic acids is 1. The molecule has 8 heteroatoms. The minimum Gasteiger partial charge on any atom is -0.488 e. The third-order valence-electron chi connectivity index (χ3n) is 4.87. The molecule has 170 valence electrons. The summed E-state index contributed by atoms with van der Waals surface area (Å²) in [4.78, 5) is 13.1. The van der Waals surface area contributed by atoms with Crippen LogP contribution in [0, 0.1) is 6.92 Å². The maximum atomic E-state index is 12.8. The smallest absolute Gasteiger partial charge is 0.416 e. The molecule has 0 radical (unpaired) electrons. The Balaban J connectivity index is 1.63. The lowest BCUT2D eigenvalue weighted by Crippen LogP contribution is -2.26. The molecule has 3 rings (SSSR count). The molecule has 1 atom stereocenters. The normalized spacial score (nSPS) is 12.5. The summed E-state index contributed by atoms with van der Waals surface area (Å²) >= 11 is 1.48. The molecule has 1 N–H and O–H groups in total. The van der Waals surface area contributed by atoms with Crippen LogP contribution in [-0.4, -0.2) is 23.8 Å². The monoisotopic (exact) mass is 464 g/mol. The summed E-state index contributed by atoms with van der Waals surface area (Å²) in [6.45, 7) is 4.34. The molecule has 0 saturated carbocycles. The van der Waals surface area contributed by atoms with Crippen molar-refractivity contribution in [3.05, 3.63) is 76.2 Å². The number of carbonyl (C=O) groups is 1. The van der Waals surface area contributed by atoms with Gasteiger partial charge in [-0.2, -0.15) is 13.2 Å². The molecule has 0 bridgehead atoms. The van der Waals surface area contributed by atoms with Gasteiger partial charge in [0.05, 0.1) is 5.56 Å². The summed E-state index contributed by atoms with van der Waals surface area (Å²) in [7, 11) is 0. The summed E-state index contributed by atoms with van der Waals surface area (Å²) in [5.74, 6) is -0.356. The third-order valence-corrected chi connectivity index (χ3v) is 6.13. The Morgan fingerprint density at radius 3 is 2.31 bits per heavy atom. The number of alkyl halides is 3. The van der Waals surface area contributed by atoms with Crippen molar-refractivity contribution < 1.29 is 32.5 Å². The molecule has 2 aromatic carbocycles. The summed E-state index contributed by atoms with van der Waals surface area (Å²) in [6.07, 6.45) is -4.97. The molecule has 1 heterocycles. The summed E-state index contributed by atoms with van der Waals surface area (Å²) in [5.41, 5.74) is 1.89. The zero-order chi connectivity index (χ0) is 23.3. The maximum absolute atomic E-state index is 12.8. The Morgan fingerprint density at radius 2 is 1.75 bits per heavy atom. The molecule has 0 fully saturated rings. The van der Waals surface area contributed by atoms with Crippen LogP contribution in [0.3, 0.4) is 0 Å². The van der Waals surface area contributed by atoms with Crippen molar-refractivity contribution in [1.82, 2.24) is 0 Å². The topological polar surface area (TPSA) is 55.8 Å². The second kappa shape index (κ2) is 10.2. The Bertz CT molecular complexity index is 1040. The van der Waals surface area contributed by atoms with Gasteiger partial charge in [0.25, 0.3) is 0 Å². The summed E-state index contributed by atoms with van der Waals surface area (Å²) in [5, 5.41) is 9.19. The number of ether oxygens (including phenoxy) is 2. The summed E-state index contributed by atoms with van der Waals surface area (Å²) < 4.78 is 49.4. The van der Waals surface area contributed by atoms with Crippen LogP contribution in [0.15, 0.2) is 54.6 Å². The number of thiophene rings is 1. The van der Waals surface area contributed by atoms with Gasteiger partial charge in [0.15, 0.2) is 6.10 Å². The zero-order valence-electron chi connectivity index (χ0n) is 17.6. The fourth-order valence-electron chi connectivity index (χ4n) is 3.13. The van der Waals surface area contributed by atoms with E-state index in [0.29, 0.717) is 19.0 Å². The zero-order valence-corrected chi connectivity index (χ0v) is 18.4. The predicted molar refractivity (Wildman–Crippen MR) is 117 cm³/mol. The highest BCUT2D eigenvalue weighted by molar-refractivity contribution is 7.15. The minimum absolute atomic E-state index is 0.268. The molecular weight excluding hydrogens is 441 g/mol. The highest BCUT2D eigenvalue weighted by Crippen LogP contribution is 2.35. The maximum Gasteiger partial charge on any atom is 0.416 e. The molecule has 3 aromatic rings. The van der Waals surface area contributed by atoms with Crippen molar-refractivity contribution in [3.63, 3.8) is 0 Å². The van der Waals surface area contributed by atoms with Gasteiger partial charge in [0.1, 0.15) is 12.4 Å². The molecule has 4 nitrogen and oxygen atoms in total. The lowest BCUT2D eigenvalue weighted by atomic mass is 10.1. The lowest BCUT2D eigenvalue weighted by molar-refractivity contribution is -0.150. The van der Waals surface area contributed by atoms with Gasteiger partial charge in [0, 0.05) is 22.8 Å². The first kappa shape index (κ1) is 23.8. The van der Waals surface area contributed by atoms with E-state index < -0.39 is 23.8 Å². The Kier molecular flexibility index (Phi) is 7.58. The molecular formula is C24H23F3O4S. The Labute approximate surface area is 188 Å². The predicted octanol–water partition coefficient (Wildman–Crippen LogP) is 6.35. The quantitative estimate of drug-likeness (QED) is 0.401. The largest absolute Gasteiger partial charge is 0.488 e. The number of halogens is 3. The number of aryl methyl sites for hydroxylation is 1. The first-order valence-corrected chi connectivity index (χ1v) is 10.8. The van der Waals surface area contributed by atoms with E-state index in [9.17, 15) is 23.1 Å². The number of carboxylic acids is 1. The van der Waals surface area contributed by atoms with E-state index in [1.165, 1.54) is 23.5 Å². The SMILES string of the molecule is CCOC(Cc1ccc(OCc2sc(-c3ccc(C(F)(F)F)cc3)cc2C)cc1)C(=O)O. The standard InChI is InChI=1S/C24H23F3O4S/c1-3-30-20(23(28)29)13-16-4-10-19(11-5-16)31-14-22-15(2)12-21(32-22)17-6-8-18(9-7-17)24(25,26)27/h4-12,20H,3,13-14H2,1-2H3,(H,28,29). The van der Waals surface area contributed by atoms with Crippen molar-refractivity contribution in [2.75, 3.05) is 6.61 Å². The number of hydrogen-bond acceptors (Lipinski definition) is 4. The average Bonchev–Trinajstić information content (AvgIpc) is 3.13. The second-order valence-electron chi connectivity index (χ2n) is 7.21. The van der Waals surface area contributed by atoms with Gasteiger partial charge in [-0.25, -0.2) is 4.79 Å². The van der Waals surface area contributed by atoms with Crippen LogP contribution < -0.4 is 4.74 Å². The summed E-state index contributed by atoms with van der Waals surface area (Å²) in [6, 6.07) is 14.2. The van der Waals surface area contributed by atoms with E-state index in [-0.39, 0.29) is 6.42 Å². The highest BCUT2D eigenvalue weighted by atomic mass is 32.1. The van der Waals surface area contributed by atoms with Crippen molar-refractivity contribution in [3.8, 4) is 16.2 Å². The van der Waals surface area contributed by atoms with Gasteiger partial charge >= 0.3 is 12.1 Å². The van der Waals surface area contributed by atoms with Crippen LogP contribution in [0.1, 0.15) is 28.5 Å². The molecule has 0 saturated heterocycles. The van der Waals surface area contributed by atoms with Gasteiger partial charge in [-0.15, -0.1) is 11.3 Å². The number of rotatable bonds is 9. The van der Waals surface area contributed by atoms with E-state index in [2.05, 4.69) is 0 Å². The van der Waals surface area contributed by atoms with Gasteiger partial charge in [-0.05, 0) is 60.9 Å². The van der Waals surface area contributed by atoms with E-state index in [1.54, 1.807) is 31.2 Å². The molecule has 1 aromatic heterocycles. The van der Waals surface area contributed by atoms with Crippen LogP contribution in [0.2, 0.25) is 0 Å². The van der Waals surface area contributed by atoms with Crippen molar-refractivity contribution in [1.29, 1.82) is 0 Å². The molecule has 0 aliphatic heterocycles. The van der Waals surface area contributed by atoms with Gasteiger partial charge in [0.2, 0.25) is 0 Å². The fourth-order valence-corrected chi connectivity index (χ4v) is 4.23. The molecule has 0 aliphatic carbocycles. The molecule has 32 heavy (non-hydrogen) atoms. The minimum atomic E-state index is -4.35. The molecule has 1 unspecified atom stereocenters. The Hall–Kier alpha value is -2.84. The van der Waals surface area contributed by atoms with E-state index >= 15 is 0 Å². The van der Waals surface area contributed by atoms with Crippen LogP contribution in [0.5, 0.6) is 5.75 Å². The van der Waals surface area contributed by atoms with E-state index in [1.807, 2.05) is 13.0 Å². The number of carboxylic acid groups (broad SMARTS) is 1. The second-order valence-corrected chi connectivity index (χ2v) is 8.35. The van der Waals surface area contributed by atoms with Crippen LogP contribution >= 0.6 is 11.3 Å². The molecule has 0 amide bonds. The average molecular weight is 465 g/mol. The van der Waals surface area contributed by atoms with E-state index in [4.69, 9.17) is 9.47 Å². The third kappa shape index (κ3) is 6.11. The Morgan fingerprint density at radius 1 is 1.09 bits per heavy atom. The fraction of sp³-hybridized carbons (Fsp3) is 0.292. The van der Waals surface area contributed by atoms with Gasteiger partial charge in [-0.3, -0.25) is 0 Å². The van der Waals surface area contributed by atoms with Crippen molar-refractivity contribution in [2.24, 2.45) is 0 Å². The van der Waals surface area contributed by atoms with Crippen LogP contribution in [0.25, 0.3) is 10.4 Å². The van der Waals surface area contributed by atoms with Gasteiger partial charge in [-0.1, -0.05) is 24.3 Å². The highest BCUT2D eigenvalue weighted by Gasteiger charge is 2.30. The van der Waals surface area contributed by atoms with Crippen LogP contribution in [0.4, 0.5) is 13.2 Å². The number of benzene rings is 2. The molecule has 0 spiro atoms.